The summed E-state index contributed by atoms with van der Waals surface area (Å²) < 4.78 is 6.16. The van der Waals surface area contributed by atoms with Crippen molar-refractivity contribution >= 4 is 76.8 Å². The molecule has 3 nitrogen and oxygen atoms in total. The van der Waals surface area contributed by atoms with E-state index in [0.717, 1.165) is 17.8 Å². The molecule has 0 fully saturated rings. The molecule has 0 saturated heterocycles. The van der Waals surface area contributed by atoms with Crippen LogP contribution in [0.5, 0.6) is 0 Å². The number of nitrogens with two attached hydrogens (primary N) is 1. The molecule has 3 heterocycles. The minimum absolute atomic E-state index is 0.188. The van der Waals surface area contributed by atoms with Crippen LogP contribution in [-0.2, 0) is 0 Å². The Morgan fingerprint density at radius 2 is 1.22 bits per heavy atom. The van der Waals surface area contributed by atoms with Crippen molar-refractivity contribution in [2.24, 2.45) is 0 Å². The smallest absolute Gasteiger partial charge is 0.0730 e. The summed E-state index contributed by atoms with van der Waals surface area (Å²) in [6.45, 7) is 0. The number of fused-ring (bicyclic) bond motifs is 10. The zero-order valence-electron chi connectivity index (χ0n) is 25.0. The van der Waals surface area contributed by atoms with Crippen molar-refractivity contribution in [3.63, 3.8) is 0 Å². The van der Waals surface area contributed by atoms with Gasteiger partial charge in [0.2, 0.25) is 0 Å². The van der Waals surface area contributed by atoms with Crippen LogP contribution in [-0.4, -0.2) is 9.13 Å². The van der Waals surface area contributed by atoms with Crippen molar-refractivity contribution in [1.29, 1.82) is 0 Å². The van der Waals surface area contributed by atoms with E-state index in [-0.39, 0.29) is 5.92 Å². The Hall–Kier alpha value is -5.58. The third kappa shape index (κ3) is 3.48. The second kappa shape index (κ2) is 9.71. The predicted molar refractivity (Wildman–Crippen MR) is 197 cm³/mol. The molecule has 3 aromatic heterocycles. The standard InChI is InChI=1S/C42H29N3S/c43-34-20-11-17-29(40(34)45-35-21-7-4-14-27(35)28-15-5-8-22-36(28)45)30-18-10-19-31-32-24-25-38-39(42(32)46-41(30)31)33-16-6-9-23-37(33)44(38)26-12-2-1-3-13-26/h1-17,19-25,30H,18,43H2. The van der Waals surface area contributed by atoms with E-state index in [4.69, 9.17) is 5.73 Å². The van der Waals surface area contributed by atoms with Crippen LogP contribution < -0.4 is 5.73 Å². The molecule has 0 amide bonds. The number of nitrogens with zero attached hydrogens (tertiary/aromatic N) is 2. The quantitative estimate of drug-likeness (QED) is 0.199. The van der Waals surface area contributed by atoms with Crippen molar-refractivity contribution in [2.45, 2.75) is 12.3 Å². The predicted octanol–water partition coefficient (Wildman–Crippen LogP) is 11.2. The molecule has 218 valence electrons. The zero-order chi connectivity index (χ0) is 30.4. The molecule has 1 aliphatic rings. The number of benzene rings is 6. The van der Waals surface area contributed by atoms with Gasteiger partial charge in [0, 0.05) is 48.1 Å². The molecule has 0 saturated carbocycles. The first-order valence-corrected chi connectivity index (χ1v) is 16.7. The molecule has 6 aromatic carbocycles. The Balaban J connectivity index is 1.25. The average Bonchev–Trinajstić information content (AvgIpc) is 3.76. The maximum absolute atomic E-state index is 6.95. The van der Waals surface area contributed by atoms with Gasteiger partial charge in [-0.2, -0.15) is 0 Å². The maximum Gasteiger partial charge on any atom is 0.0730 e. The fourth-order valence-electron chi connectivity index (χ4n) is 7.91. The van der Waals surface area contributed by atoms with Gasteiger partial charge in [0.1, 0.15) is 0 Å². The van der Waals surface area contributed by atoms with Crippen LogP contribution in [0.2, 0.25) is 0 Å². The number of allylic oxidation sites excluding steroid dienone is 1. The highest BCUT2D eigenvalue weighted by Gasteiger charge is 2.29. The van der Waals surface area contributed by atoms with Gasteiger partial charge in [-0.1, -0.05) is 103 Å². The van der Waals surface area contributed by atoms with Gasteiger partial charge >= 0.3 is 0 Å². The van der Waals surface area contributed by atoms with Gasteiger partial charge in [0.25, 0.3) is 0 Å². The maximum atomic E-state index is 6.95. The monoisotopic (exact) mass is 607 g/mol. The molecule has 1 unspecified atom stereocenters. The number of thiophene rings is 1. The largest absolute Gasteiger partial charge is 0.397 e. The molecular formula is C42H29N3S. The topological polar surface area (TPSA) is 35.9 Å². The molecule has 0 bridgehead atoms. The first-order valence-electron chi connectivity index (χ1n) is 15.9. The van der Waals surface area contributed by atoms with Crippen molar-refractivity contribution in [3.8, 4) is 11.4 Å². The average molecular weight is 608 g/mol. The van der Waals surface area contributed by atoms with Gasteiger partial charge in [0.05, 0.1) is 33.4 Å². The highest BCUT2D eigenvalue weighted by atomic mass is 32.1. The van der Waals surface area contributed by atoms with E-state index < -0.39 is 0 Å². The number of rotatable bonds is 3. The lowest BCUT2D eigenvalue weighted by Gasteiger charge is -2.24. The molecule has 46 heavy (non-hydrogen) atoms. The first-order chi connectivity index (χ1) is 22.8. The Labute approximate surface area is 270 Å². The summed E-state index contributed by atoms with van der Waals surface area (Å²) in [6.07, 6.45) is 5.64. The van der Waals surface area contributed by atoms with Crippen molar-refractivity contribution in [1.82, 2.24) is 9.13 Å². The molecule has 0 spiro atoms. The zero-order valence-corrected chi connectivity index (χ0v) is 25.8. The van der Waals surface area contributed by atoms with Crippen LogP contribution in [0.3, 0.4) is 0 Å². The number of hydrogen-bond donors (Lipinski definition) is 1. The highest BCUT2D eigenvalue weighted by Crippen LogP contribution is 2.50. The van der Waals surface area contributed by atoms with Gasteiger partial charge in [-0.05, 0) is 60.0 Å². The number of hydrogen-bond acceptors (Lipinski definition) is 2. The van der Waals surface area contributed by atoms with Crippen LogP contribution in [0.1, 0.15) is 28.3 Å². The van der Waals surface area contributed by atoms with E-state index in [1.807, 2.05) is 11.3 Å². The van der Waals surface area contributed by atoms with Gasteiger partial charge in [0.15, 0.2) is 0 Å². The Morgan fingerprint density at radius 3 is 1.96 bits per heavy atom. The van der Waals surface area contributed by atoms with Crippen LogP contribution in [0.25, 0.3) is 71.1 Å². The Bertz CT molecular complexity index is 2630. The fraction of sp³-hybridized carbons (Fsp3) is 0.0476. The number of anilines is 1. The van der Waals surface area contributed by atoms with E-state index in [1.54, 1.807) is 0 Å². The summed E-state index contributed by atoms with van der Waals surface area (Å²) >= 11 is 1.96. The van der Waals surface area contributed by atoms with Crippen LogP contribution in [0.4, 0.5) is 5.69 Å². The van der Waals surface area contributed by atoms with Gasteiger partial charge in [-0.15, -0.1) is 11.3 Å². The summed E-state index contributed by atoms with van der Waals surface area (Å²) in [7, 11) is 0. The second-order valence-electron chi connectivity index (χ2n) is 12.2. The number of nitrogen functional groups attached to an aromatic ring is 1. The summed E-state index contributed by atoms with van der Waals surface area (Å²) in [5.74, 6) is 0.188. The van der Waals surface area contributed by atoms with E-state index in [1.165, 1.54) is 75.4 Å². The fourth-order valence-corrected chi connectivity index (χ4v) is 9.39. The van der Waals surface area contributed by atoms with E-state index >= 15 is 0 Å². The first kappa shape index (κ1) is 25.7. The summed E-state index contributed by atoms with van der Waals surface area (Å²) in [4.78, 5) is 1.41. The molecular weight excluding hydrogens is 579 g/mol. The van der Waals surface area contributed by atoms with E-state index in [2.05, 4.69) is 155 Å². The summed E-state index contributed by atoms with van der Waals surface area (Å²) in [5, 5.41) is 6.44. The van der Waals surface area contributed by atoms with Crippen molar-refractivity contribution in [2.75, 3.05) is 5.73 Å². The molecule has 0 aliphatic heterocycles. The minimum atomic E-state index is 0.188. The SMILES string of the molecule is Nc1cccc(C2CC=Cc3c2sc2c3ccc3c2c2ccccc2n3-c2ccccc2)c1-n1c2ccccc2c2ccccc21. The lowest BCUT2D eigenvalue weighted by atomic mass is 9.86. The number of aromatic nitrogens is 2. The molecule has 2 N–H and O–H groups in total. The normalized spacial score (nSPS) is 14.7. The molecule has 1 aliphatic carbocycles. The lowest BCUT2D eigenvalue weighted by molar-refractivity contribution is 0.831. The molecule has 9 aromatic rings. The van der Waals surface area contributed by atoms with Crippen molar-refractivity contribution < 1.29 is 0 Å². The van der Waals surface area contributed by atoms with Gasteiger partial charge in [-0.3, -0.25) is 0 Å². The molecule has 1 atom stereocenters. The van der Waals surface area contributed by atoms with E-state index in [9.17, 15) is 0 Å². The van der Waals surface area contributed by atoms with Gasteiger partial charge in [-0.25, -0.2) is 0 Å². The summed E-state index contributed by atoms with van der Waals surface area (Å²) in [6, 6.07) is 48.1. The van der Waals surface area contributed by atoms with E-state index in [0.29, 0.717) is 0 Å². The summed E-state index contributed by atoms with van der Waals surface area (Å²) in [5.41, 5.74) is 17.5. The van der Waals surface area contributed by atoms with Crippen LogP contribution in [0, 0.1) is 0 Å². The second-order valence-corrected chi connectivity index (χ2v) is 13.3. The minimum Gasteiger partial charge on any atom is -0.397 e. The third-order valence-electron chi connectivity index (χ3n) is 9.82. The van der Waals surface area contributed by atoms with Crippen LogP contribution in [0.15, 0.2) is 140 Å². The lowest BCUT2D eigenvalue weighted by Crippen LogP contribution is -2.10. The number of para-hydroxylation sites is 5. The van der Waals surface area contributed by atoms with Crippen LogP contribution >= 0.6 is 11.3 Å². The Morgan fingerprint density at radius 1 is 0.565 bits per heavy atom. The molecule has 0 radical (unpaired) electrons. The molecule has 10 rings (SSSR count). The third-order valence-corrected chi connectivity index (χ3v) is 11.2. The van der Waals surface area contributed by atoms with Crippen molar-refractivity contribution in [3.05, 3.63) is 156 Å². The Kier molecular flexibility index (Phi) is 5.43. The highest BCUT2D eigenvalue weighted by molar-refractivity contribution is 7.20. The van der Waals surface area contributed by atoms with Gasteiger partial charge < -0.3 is 14.9 Å². The molecule has 4 heteroatoms.